The van der Waals surface area contributed by atoms with Crippen LogP contribution >= 0.6 is 23.2 Å². The summed E-state index contributed by atoms with van der Waals surface area (Å²) in [7, 11) is 3.26. The second-order valence-corrected chi connectivity index (χ2v) is 6.09. The highest BCUT2D eigenvalue weighted by Gasteiger charge is 2.18. The largest absolute Gasteiger partial charge is 0.497 e. The van der Waals surface area contributed by atoms with E-state index >= 15 is 0 Å². The van der Waals surface area contributed by atoms with Crippen LogP contribution in [-0.4, -0.2) is 28.8 Å². The molecule has 2 aromatic carbocycles. The number of nitrogens with zero attached hydrogens (tertiary/aromatic N) is 3. The van der Waals surface area contributed by atoms with Crippen molar-refractivity contribution in [1.29, 1.82) is 0 Å². The van der Waals surface area contributed by atoms with Gasteiger partial charge in [-0.2, -0.15) is 0 Å². The van der Waals surface area contributed by atoms with Crippen LogP contribution in [0.1, 0.15) is 0 Å². The maximum atomic E-state index is 6.41. The first-order valence-corrected chi connectivity index (χ1v) is 8.23. The van der Waals surface area contributed by atoms with E-state index in [1.807, 2.05) is 47.0 Å². The lowest BCUT2D eigenvalue weighted by Gasteiger charge is -2.09. The molecule has 0 bridgehead atoms. The number of rotatable bonds is 3. The number of methoxy groups -OCH3 is 2. The highest BCUT2D eigenvalue weighted by atomic mass is 35.5. The van der Waals surface area contributed by atoms with Crippen LogP contribution in [0.5, 0.6) is 11.5 Å². The maximum Gasteiger partial charge on any atom is 0.224 e. The summed E-state index contributed by atoms with van der Waals surface area (Å²) < 4.78 is 12.6. The lowest BCUT2D eigenvalue weighted by molar-refractivity contribution is 0.414. The van der Waals surface area contributed by atoms with E-state index in [0.717, 1.165) is 28.1 Å². The van der Waals surface area contributed by atoms with E-state index in [-0.39, 0.29) is 5.28 Å². The second kappa shape index (κ2) is 6.10. The van der Waals surface area contributed by atoms with E-state index in [0.29, 0.717) is 16.2 Å². The van der Waals surface area contributed by atoms with Crippen molar-refractivity contribution >= 4 is 45.1 Å². The standard InChI is InChI=1S/C18H13Cl2N3O2/c1-24-11-5-3-10(4-6-11)23-14-9-12(25-2)7-8-13(14)15-16(23)17(19)22-18(20)21-15/h3-9H,1-2H3. The fourth-order valence-corrected chi connectivity index (χ4v) is 3.40. The van der Waals surface area contributed by atoms with Gasteiger partial charge in [-0.3, -0.25) is 0 Å². The molecule has 0 aliphatic heterocycles. The Labute approximate surface area is 153 Å². The smallest absolute Gasteiger partial charge is 0.224 e. The number of hydrogen-bond acceptors (Lipinski definition) is 4. The molecule has 0 spiro atoms. The van der Waals surface area contributed by atoms with Crippen LogP contribution in [-0.2, 0) is 0 Å². The van der Waals surface area contributed by atoms with Gasteiger partial charge in [0.2, 0.25) is 5.28 Å². The van der Waals surface area contributed by atoms with Crippen molar-refractivity contribution in [3.63, 3.8) is 0 Å². The van der Waals surface area contributed by atoms with E-state index in [4.69, 9.17) is 32.7 Å². The highest BCUT2D eigenvalue weighted by molar-refractivity contribution is 6.36. The Kier molecular flexibility index (Phi) is 3.90. The molecule has 0 unspecified atom stereocenters. The van der Waals surface area contributed by atoms with Gasteiger partial charge in [-0.1, -0.05) is 11.6 Å². The lowest BCUT2D eigenvalue weighted by Crippen LogP contribution is -1.96. The number of aromatic nitrogens is 3. The summed E-state index contributed by atoms with van der Waals surface area (Å²) in [5.41, 5.74) is 3.19. The minimum Gasteiger partial charge on any atom is -0.497 e. The summed E-state index contributed by atoms with van der Waals surface area (Å²) in [5, 5.41) is 1.32. The second-order valence-electron chi connectivity index (χ2n) is 5.40. The molecular formula is C18H13Cl2N3O2. The zero-order valence-corrected chi connectivity index (χ0v) is 15.0. The third-order valence-corrected chi connectivity index (χ3v) is 4.50. The summed E-state index contributed by atoms with van der Waals surface area (Å²) in [5.74, 6) is 1.51. The molecule has 0 atom stereocenters. The van der Waals surface area contributed by atoms with Crippen molar-refractivity contribution in [3.05, 3.63) is 52.9 Å². The first kappa shape index (κ1) is 16.0. The van der Waals surface area contributed by atoms with Crippen molar-refractivity contribution in [2.75, 3.05) is 14.2 Å². The van der Waals surface area contributed by atoms with Crippen molar-refractivity contribution < 1.29 is 9.47 Å². The van der Waals surface area contributed by atoms with Gasteiger partial charge in [-0.05, 0) is 48.0 Å². The molecule has 2 aromatic heterocycles. The molecule has 4 aromatic rings. The average molecular weight is 374 g/mol. The Hall–Kier alpha value is -2.50. The Morgan fingerprint density at radius 1 is 0.880 bits per heavy atom. The number of halogens is 2. The molecule has 5 nitrogen and oxygen atoms in total. The van der Waals surface area contributed by atoms with Gasteiger partial charge in [0.05, 0.1) is 19.7 Å². The quantitative estimate of drug-likeness (QED) is 0.378. The monoisotopic (exact) mass is 373 g/mol. The van der Waals surface area contributed by atoms with Gasteiger partial charge in [-0.15, -0.1) is 0 Å². The van der Waals surface area contributed by atoms with Crippen molar-refractivity contribution in [1.82, 2.24) is 14.5 Å². The van der Waals surface area contributed by atoms with E-state index < -0.39 is 0 Å². The molecule has 0 fully saturated rings. The zero-order valence-electron chi connectivity index (χ0n) is 13.5. The molecule has 2 heterocycles. The molecule has 0 aliphatic rings. The first-order valence-electron chi connectivity index (χ1n) is 7.48. The summed E-state index contributed by atoms with van der Waals surface area (Å²) in [6.07, 6.45) is 0. The molecule has 0 radical (unpaired) electrons. The Morgan fingerprint density at radius 2 is 1.56 bits per heavy atom. The minimum absolute atomic E-state index is 0.113. The van der Waals surface area contributed by atoms with Crippen LogP contribution in [0.3, 0.4) is 0 Å². The van der Waals surface area contributed by atoms with E-state index in [9.17, 15) is 0 Å². The van der Waals surface area contributed by atoms with E-state index in [2.05, 4.69) is 9.97 Å². The number of ether oxygens (including phenoxy) is 2. The highest BCUT2D eigenvalue weighted by Crippen LogP contribution is 2.36. The SMILES string of the molecule is COc1ccc(-n2c3cc(OC)ccc3c3nc(Cl)nc(Cl)c32)cc1. The fourth-order valence-electron chi connectivity index (χ4n) is 2.93. The fraction of sp³-hybridized carbons (Fsp3) is 0.111. The Morgan fingerprint density at radius 3 is 2.24 bits per heavy atom. The molecule has 25 heavy (non-hydrogen) atoms. The van der Waals surface area contributed by atoms with Gasteiger partial charge in [0.25, 0.3) is 0 Å². The van der Waals surface area contributed by atoms with Crippen molar-refractivity contribution in [2.45, 2.75) is 0 Å². The van der Waals surface area contributed by atoms with Crippen LogP contribution in [0.4, 0.5) is 0 Å². The topological polar surface area (TPSA) is 49.2 Å². The molecule has 7 heteroatoms. The van der Waals surface area contributed by atoms with E-state index in [1.165, 1.54) is 0 Å². The molecule has 0 N–H and O–H groups in total. The summed E-state index contributed by atoms with van der Waals surface area (Å²) in [4.78, 5) is 8.49. The average Bonchev–Trinajstić information content (AvgIpc) is 2.95. The Balaban J connectivity index is 2.14. The van der Waals surface area contributed by atoms with Crippen LogP contribution in [0.15, 0.2) is 42.5 Å². The third kappa shape index (κ3) is 2.56. The lowest BCUT2D eigenvalue weighted by atomic mass is 10.2. The number of hydrogen-bond donors (Lipinski definition) is 0. The predicted octanol–water partition coefficient (Wildman–Crippen LogP) is 4.90. The number of benzene rings is 2. The summed E-state index contributed by atoms with van der Waals surface area (Å²) in [6.45, 7) is 0. The van der Waals surface area contributed by atoms with Gasteiger partial charge in [0, 0.05) is 17.1 Å². The van der Waals surface area contributed by atoms with Gasteiger partial charge in [0.1, 0.15) is 22.5 Å². The maximum absolute atomic E-state index is 6.41. The van der Waals surface area contributed by atoms with Crippen LogP contribution in [0.25, 0.3) is 27.6 Å². The van der Waals surface area contributed by atoms with Crippen LogP contribution in [0, 0.1) is 0 Å². The molecule has 4 rings (SSSR count). The summed E-state index contributed by atoms with van der Waals surface area (Å²) in [6, 6.07) is 13.4. The molecule has 126 valence electrons. The molecule has 0 saturated carbocycles. The van der Waals surface area contributed by atoms with Gasteiger partial charge < -0.3 is 14.0 Å². The summed E-state index contributed by atoms with van der Waals surface area (Å²) >= 11 is 12.4. The minimum atomic E-state index is 0.113. The van der Waals surface area contributed by atoms with Gasteiger partial charge in [0.15, 0.2) is 5.15 Å². The Bertz CT molecular complexity index is 1090. The normalized spacial score (nSPS) is 11.2. The predicted molar refractivity (Wildman–Crippen MR) is 99.5 cm³/mol. The zero-order chi connectivity index (χ0) is 17.6. The van der Waals surface area contributed by atoms with E-state index in [1.54, 1.807) is 14.2 Å². The third-order valence-electron chi connectivity index (χ3n) is 4.07. The molecule has 0 amide bonds. The van der Waals surface area contributed by atoms with Crippen LogP contribution in [0.2, 0.25) is 10.4 Å². The first-order chi connectivity index (χ1) is 12.1. The molecular weight excluding hydrogens is 361 g/mol. The van der Waals surface area contributed by atoms with Crippen LogP contribution < -0.4 is 9.47 Å². The number of fused-ring (bicyclic) bond motifs is 3. The van der Waals surface area contributed by atoms with Gasteiger partial charge in [-0.25, -0.2) is 9.97 Å². The van der Waals surface area contributed by atoms with Crippen molar-refractivity contribution in [2.24, 2.45) is 0 Å². The molecule has 0 aliphatic carbocycles. The molecule has 0 saturated heterocycles. The van der Waals surface area contributed by atoms with Crippen molar-refractivity contribution in [3.8, 4) is 17.2 Å². The van der Waals surface area contributed by atoms with Gasteiger partial charge >= 0.3 is 0 Å².